The van der Waals surface area contributed by atoms with E-state index in [9.17, 15) is 15.2 Å². The molecule has 1 aromatic carbocycles. The lowest BCUT2D eigenvalue weighted by Crippen LogP contribution is -2.22. The van der Waals surface area contributed by atoms with Crippen molar-refractivity contribution in [2.45, 2.75) is 59.9 Å². The Kier molecular flexibility index (Phi) is 6.89. The average Bonchev–Trinajstić information content (AvgIpc) is 2.63. The minimum absolute atomic E-state index is 0.0700. The number of benzene rings is 1. The van der Waals surface area contributed by atoms with Crippen LogP contribution < -0.4 is 5.56 Å². The molecule has 1 heterocycles. The fourth-order valence-electron chi connectivity index (χ4n) is 3.02. The minimum atomic E-state index is -0.421. The van der Waals surface area contributed by atoms with Crippen molar-refractivity contribution in [3.8, 4) is 11.9 Å². The highest BCUT2D eigenvalue weighted by Crippen LogP contribution is 2.29. The molecular formula is C21H26N4O2. The van der Waals surface area contributed by atoms with Gasteiger partial charge in [-0.1, -0.05) is 44.4 Å². The molecule has 2 rings (SSSR count). The van der Waals surface area contributed by atoms with Gasteiger partial charge < -0.3 is 5.11 Å². The van der Waals surface area contributed by atoms with Gasteiger partial charge in [0.05, 0.1) is 5.69 Å². The molecule has 1 aromatic heterocycles. The van der Waals surface area contributed by atoms with E-state index in [0.29, 0.717) is 17.8 Å². The summed E-state index contributed by atoms with van der Waals surface area (Å²) in [4.78, 5) is 12.9. The van der Waals surface area contributed by atoms with Crippen LogP contribution >= 0.6 is 0 Å². The summed E-state index contributed by atoms with van der Waals surface area (Å²) in [7, 11) is 0. The standard InChI is InChI=1S/C21H26N4O2/c1-5-6-7-8-12-25-20(26)17(13-22)16(4)19(21(25)27)24-23-18-14(2)10-9-11-15(18)3/h9-11,26H,5-8,12H2,1-4H3. The van der Waals surface area contributed by atoms with E-state index >= 15 is 0 Å². The molecule has 0 aliphatic carbocycles. The van der Waals surface area contributed by atoms with Crippen LogP contribution in [0.3, 0.4) is 0 Å². The molecule has 0 saturated heterocycles. The number of pyridine rings is 1. The van der Waals surface area contributed by atoms with Crippen LogP contribution in [0.25, 0.3) is 0 Å². The van der Waals surface area contributed by atoms with Gasteiger partial charge in [0.1, 0.15) is 11.6 Å². The van der Waals surface area contributed by atoms with Gasteiger partial charge in [-0.05, 0) is 38.3 Å². The lowest BCUT2D eigenvalue weighted by molar-refractivity contribution is 0.397. The van der Waals surface area contributed by atoms with Gasteiger partial charge >= 0.3 is 0 Å². The van der Waals surface area contributed by atoms with Gasteiger partial charge in [0, 0.05) is 12.1 Å². The van der Waals surface area contributed by atoms with Gasteiger partial charge in [-0.15, -0.1) is 10.2 Å². The third kappa shape index (κ3) is 4.43. The first-order chi connectivity index (χ1) is 12.9. The summed E-state index contributed by atoms with van der Waals surface area (Å²) in [5.41, 5.74) is 2.71. The molecule has 6 heteroatoms. The quantitative estimate of drug-likeness (QED) is 0.529. The highest BCUT2D eigenvalue weighted by molar-refractivity contribution is 5.57. The zero-order valence-corrected chi connectivity index (χ0v) is 16.4. The summed E-state index contributed by atoms with van der Waals surface area (Å²) in [6.45, 7) is 7.93. The van der Waals surface area contributed by atoms with Crippen molar-refractivity contribution in [3.05, 3.63) is 50.8 Å². The van der Waals surface area contributed by atoms with Crippen LogP contribution in [0.2, 0.25) is 0 Å². The second kappa shape index (κ2) is 9.13. The number of azo groups is 1. The summed E-state index contributed by atoms with van der Waals surface area (Å²) in [5, 5.41) is 28.3. The largest absolute Gasteiger partial charge is 0.493 e. The van der Waals surface area contributed by atoms with Crippen molar-refractivity contribution in [1.29, 1.82) is 5.26 Å². The van der Waals surface area contributed by atoms with E-state index in [2.05, 4.69) is 17.2 Å². The first-order valence-corrected chi connectivity index (χ1v) is 9.26. The van der Waals surface area contributed by atoms with Crippen molar-refractivity contribution in [2.24, 2.45) is 10.2 Å². The maximum Gasteiger partial charge on any atom is 0.281 e. The number of nitrogens with zero attached hydrogens (tertiary/aromatic N) is 4. The first-order valence-electron chi connectivity index (χ1n) is 9.26. The molecule has 0 atom stereocenters. The van der Waals surface area contributed by atoms with Gasteiger partial charge in [-0.2, -0.15) is 5.26 Å². The van der Waals surface area contributed by atoms with E-state index < -0.39 is 5.56 Å². The third-order valence-corrected chi connectivity index (χ3v) is 4.69. The molecule has 1 N–H and O–H groups in total. The zero-order chi connectivity index (χ0) is 20.0. The minimum Gasteiger partial charge on any atom is -0.493 e. The Bertz CT molecular complexity index is 932. The summed E-state index contributed by atoms with van der Waals surface area (Å²) < 4.78 is 1.24. The summed E-state index contributed by atoms with van der Waals surface area (Å²) >= 11 is 0. The van der Waals surface area contributed by atoms with Crippen molar-refractivity contribution >= 4 is 11.4 Å². The molecule has 0 spiro atoms. The summed E-state index contributed by atoms with van der Waals surface area (Å²) in [6.07, 6.45) is 3.85. The number of hydrogen-bond donors (Lipinski definition) is 1. The van der Waals surface area contributed by atoms with E-state index in [1.54, 1.807) is 6.92 Å². The van der Waals surface area contributed by atoms with Crippen LogP contribution in [0.15, 0.2) is 33.2 Å². The number of hydrogen-bond acceptors (Lipinski definition) is 5. The van der Waals surface area contributed by atoms with E-state index in [4.69, 9.17) is 0 Å². The number of aryl methyl sites for hydroxylation is 2. The molecule has 0 unspecified atom stereocenters. The molecule has 6 nitrogen and oxygen atoms in total. The monoisotopic (exact) mass is 366 g/mol. The van der Waals surface area contributed by atoms with E-state index in [1.807, 2.05) is 38.1 Å². The SMILES string of the molecule is CCCCCCn1c(O)c(C#N)c(C)c(N=Nc2c(C)cccc2C)c1=O. The topological polar surface area (TPSA) is 90.7 Å². The first kappa shape index (κ1) is 20.4. The fourth-order valence-corrected chi connectivity index (χ4v) is 3.02. The van der Waals surface area contributed by atoms with E-state index in [1.165, 1.54) is 4.57 Å². The lowest BCUT2D eigenvalue weighted by atomic mass is 10.1. The predicted octanol–water partition coefficient (Wildman–Crippen LogP) is 5.35. The second-order valence-corrected chi connectivity index (χ2v) is 6.74. The van der Waals surface area contributed by atoms with Crippen LogP contribution in [0.5, 0.6) is 5.88 Å². The van der Waals surface area contributed by atoms with Gasteiger partial charge in [0.15, 0.2) is 5.69 Å². The molecule has 0 saturated carbocycles. The van der Waals surface area contributed by atoms with Crippen LogP contribution in [-0.2, 0) is 6.54 Å². The normalized spacial score (nSPS) is 11.1. The zero-order valence-electron chi connectivity index (χ0n) is 16.4. The number of rotatable bonds is 7. The van der Waals surface area contributed by atoms with Crippen molar-refractivity contribution in [3.63, 3.8) is 0 Å². The van der Waals surface area contributed by atoms with Crippen molar-refractivity contribution in [1.82, 2.24) is 4.57 Å². The van der Waals surface area contributed by atoms with Crippen LogP contribution in [0.1, 0.15) is 54.9 Å². The molecule has 0 amide bonds. The second-order valence-electron chi connectivity index (χ2n) is 6.74. The van der Waals surface area contributed by atoms with Gasteiger partial charge in [-0.25, -0.2) is 0 Å². The smallest absolute Gasteiger partial charge is 0.281 e. The highest BCUT2D eigenvalue weighted by Gasteiger charge is 2.19. The van der Waals surface area contributed by atoms with E-state index in [0.717, 1.165) is 36.8 Å². The van der Waals surface area contributed by atoms with Gasteiger partial charge in [-0.3, -0.25) is 9.36 Å². The van der Waals surface area contributed by atoms with Gasteiger partial charge in [0.25, 0.3) is 5.56 Å². The molecule has 0 bridgehead atoms. The molecule has 0 aliphatic heterocycles. The molecule has 2 aromatic rings. The molecule has 27 heavy (non-hydrogen) atoms. The van der Waals surface area contributed by atoms with Crippen molar-refractivity contribution in [2.75, 3.05) is 0 Å². The molecular weight excluding hydrogens is 340 g/mol. The Hall–Kier alpha value is -2.94. The highest BCUT2D eigenvalue weighted by atomic mass is 16.3. The Labute approximate surface area is 159 Å². The van der Waals surface area contributed by atoms with Crippen LogP contribution in [0.4, 0.5) is 11.4 Å². The lowest BCUT2D eigenvalue weighted by Gasteiger charge is -2.13. The molecule has 0 aliphatic rings. The summed E-state index contributed by atoms with van der Waals surface area (Å²) in [5.74, 6) is -0.289. The van der Waals surface area contributed by atoms with Crippen LogP contribution in [0, 0.1) is 32.1 Å². The maximum atomic E-state index is 12.9. The molecule has 0 fully saturated rings. The number of unbranched alkanes of at least 4 members (excludes halogenated alkanes) is 3. The number of nitriles is 1. The maximum absolute atomic E-state index is 12.9. The Balaban J connectivity index is 2.51. The number of aromatic nitrogens is 1. The Morgan fingerprint density at radius 3 is 2.30 bits per heavy atom. The van der Waals surface area contributed by atoms with Gasteiger partial charge in [0.2, 0.25) is 5.88 Å². The number of aromatic hydroxyl groups is 1. The molecule has 142 valence electrons. The van der Waals surface area contributed by atoms with Crippen molar-refractivity contribution < 1.29 is 5.11 Å². The van der Waals surface area contributed by atoms with Crippen LogP contribution in [-0.4, -0.2) is 9.67 Å². The fraction of sp³-hybridized carbons (Fsp3) is 0.429. The average molecular weight is 366 g/mol. The Morgan fingerprint density at radius 2 is 1.70 bits per heavy atom. The Morgan fingerprint density at radius 1 is 1.07 bits per heavy atom. The summed E-state index contributed by atoms with van der Waals surface area (Å²) in [6, 6.07) is 7.78. The van der Waals surface area contributed by atoms with E-state index in [-0.39, 0.29) is 17.1 Å². The third-order valence-electron chi connectivity index (χ3n) is 4.69. The predicted molar refractivity (Wildman–Crippen MR) is 106 cm³/mol. The molecule has 0 radical (unpaired) electrons.